The number of pyridine rings is 1. The summed E-state index contributed by atoms with van der Waals surface area (Å²) in [7, 11) is 3.57. The van der Waals surface area contributed by atoms with Gasteiger partial charge in [0.1, 0.15) is 5.75 Å². The van der Waals surface area contributed by atoms with Crippen molar-refractivity contribution in [1.82, 2.24) is 20.5 Å². The number of para-hydroxylation sites is 2. The van der Waals surface area contributed by atoms with Crippen LogP contribution < -0.4 is 15.4 Å². The topological polar surface area (TPSA) is 61.8 Å². The third kappa shape index (κ3) is 5.19. The predicted octanol–water partition coefficient (Wildman–Crippen LogP) is 3.79. The smallest absolute Gasteiger partial charge is 0.191 e. The maximum absolute atomic E-state index is 5.66. The number of benzene rings is 2. The molecule has 1 atom stereocenters. The first-order chi connectivity index (χ1) is 15.8. The SMILES string of the molecule is CN=C(NCCc1cccc2cccnc12)NCC(c1ccccc1OC)N1CCCC1. The Kier molecular flexibility index (Phi) is 7.56. The minimum atomic E-state index is 0.245. The van der Waals surface area contributed by atoms with Crippen LogP contribution in [0.3, 0.4) is 0 Å². The van der Waals surface area contributed by atoms with E-state index < -0.39 is 0 Å². The first kappa shape index (κ1) is 22.1. The fourth-order valence-corrected chi connectivity index (χ4v) is 4.53. The molecule has 32 heavy (non-hydrogen) atoms. The summed E-state index contributed by atoms with van der Waals surface area (Å²) in [5, 5.41) is 8.19. The molecule has 0 bridgehead atoms. The van der Waals surface area contributed by atoms with Gasteiger partial charge in [-0.3, -0.25) is 14.9 Å². The van der Waals surface area contributed by atoms with Crippen LogP contribution >= 0.6 is 0 Å². The van der Waals surface area contributed by atoms with Gasteiger partial charge < -0.3 is 15.4 Å². The maximum atomic E-state index is 5.66. The first-order valence-corrected chi connectivity index (χ1v) is 11.4. The molecule has 4 rings (SSSR count). The van der Waals surface area contributed by atoms with Crippen LogP contribution in [0.15, 0.2) is 65.8 Å². The summed E-state index contributed by atoms with van der Waals surface area (Å²) in [6, 6.07) is 19.0. The summed E-state index contributed by atoms with van der Waals surface area (Å²) < 4.78 is 5.66. The highest BCUT2D eigenvalue weighted by Crippen LogP contribution is 2.31. The van der Waals surface area contributed by atoms with Gasteiger partial charge in [-0.05, 0) is 50.0 Å². The van der Waals surface area contributed by atoms with Crippen LogP contribution in [-0.2, 0) is 6.42 Å². The number of guanidine groups is 1. The highest BCUT2D eigenvalue weighted by atomic mass is 16.5. The van der Waals surface area contributed by atoms with E-state index in [2.05, 4.69) is 61.9 Å². The van der Waals surface area contributed by atoms with Gasteiger partial charge in [-0.25, -0.2) is 0 Å². The molecule has 0 spiro atoms. The molecule has 1 aromatic heterocycles. The van der Waals surface area contributed by atoms with Crippen LogP contribution in [0.5, 0.6) is 5.75 Å². The summed E-state index contributed by atoms with van der Waals surface area (Å²) in [6.07, 6.45) is 5.24. The highest BCUT2D eigenvalue weighted by Gasteiger charge is 2.26. The second-order valence-corrected chi connectivity index (χ2v) is 8.12. The zero-order valence-corrected chi connectivity index (χ0v) is 19.1. The molecule has 1 fully saturated rings. The number of methoxy groups -OCH3 is 1. The van der Waals surface area contributed by atoms with Gasteiger partial charge in [0.2, 0.25) is 0 Å². The van der Waals surface area contributed by atoms with Crippen molar-refractivity contribution in [3.05, 3.63) is 71.9 Å². The number of aromatic nitrogens is 1. The number of rotatable bonds is 8. The summed E-state index contributed by atoms with van der Waals surface area (Å²) in [6.45, 7) is 3.79. The zero-order valence-electron chi connectivity index (χ0n) is 19.1. The Hall–Kier alpha value is -3.12. The molecule has 0 amide bonds. The van der Waals surface area contributed by atoms with Crippen LogP contribution in [0.1, 0.15) is 30.0 Å². The lowest BCUT2D eigenvalue weighted by atomic mass is 10.0. The number of fused-ring (bicyclic) bond motifs is 1. The summed E-state index contributed by atoms with van der Waals surface area (Å²) in [5.74, 6) is 1.76. The zero-order chi connectivity index (χ0) is 22.2. The van der Waals surface area contributed by atoms with Crippen LogP contribution in [0.2, 0.25) is 0 Å². The van der Waals surface area contributed by atoms with Gasteiger partial charge in [0, 0.05) is 37.3 Å². The fraction of sp³-hybridized carbons (Fsp3) is 0.385. The number of hydrogen-bond acceptors (Lipinski definition) is 4. The van der Waals surface area contributed by atoms with E-state index in [-0.39, 0.29) is 6.04 Å². The molecule has 2 aromatic carbocycles. The van der Waals surface area contributed by atoms with Crippen molar-refractivity contribution in [1.29, 1.82) is 0 Å². The van der Waals surface area contributed by atoms with Gasteiger partial charge in [0.25, 0.3) is 0 Å². The number of hydrogen-bond donors (Lipinski definition) is 2. The Morgan fingerprint density at radius 1 is 1.06 bits per heavy atom. The van der Waals surface area contributed by atoms with Crippen LogP contribution in [-0.4, -0.2) is 56.2 Å². The summed E-state index contributed by atoms with van der Waals surface area (Å²) >= 11 is 0. The Labute approximate surface area is 190 Å². The van der Waals surface area contributed by atoms with E-state index in [1.54, 1.807) is 7.11 Å². The lowest BCUT2D eigenvalue weighted by Gasteiger charge is -2.30. The Morgan fingerprint density at radius 2 is 1.88 bits per heavy atom. The molecule has 1 saturated heterocycles. The van der Waals surface area contributed by atoms with Crippen molar-refractivity contribution in [2.45, 2.75) is 25.3 Å². The van der Waals surface area contributed by atoms with Crippen molar-refractivity contribution < 1.29 is 4.74 Å². The number of nitrogens with one attached hydrogen (secondary N) is 2. The van der Waals surface area contributed by atoms with Crippen molar-refractivity contribution in [2.75, 3.05) is 40.3 Å². The van der Waals surface area contributed by atoms with E-state index in [9.17, 15) is 0 Å². The van der Waals surface area contributed by atoms with E-state index >= 15 is 0 Å². The molecule has 0 aliphatic carbocycles. The van der Waals surface area contributed by atoms with Crippen molar-refractivity contribution in [2.24, 2.45) is 4.99 Å². The van der Waals surface area contributed by atoms with E-state index in [1.807, 2.05) is 31.4 Å². The molecule has 1 unspecified atom stereocenters. The minimum absolute atomic E-state index is 0.245. The number of aliphatic imine (C=N–C) groups is 1. The molecule has 0 radical (unpaired) electrons. The molecular weight excluding hydrogens is 398 g/mol. The third-order valence-corrected chi connectivity index (χ3v) is 6.17. The fourth-order valence-electron chi connectivity index (χ4n) is 4.53. The molecule has 6 heteroatoms. The standard InChI is InChI=1S/C26H33N5O/c1-27-26(29-16-14-21-10-7-9-20-11-8-15-28-25(20)21)30-19-23(31-17-5-6-18-31)22-12-3-4-13-24(22)32-2/h3-4,7-13,15,23H,5-6,14,16-19H2,1-2H3,(H2,27,29,30). The molecule has 0 saturated carbocycles. The van der Waals surface area contributed by atoms with Gasteiger partial charge in [-0.2, -0.15) is 0 Å². The number of nitrogens with zero attached hydrogens (tertiary/aromatic N) is 3. The second kappa shape index (κ2) is 11.0. The average molecular weight is 432 g/mol. The second-order valence-electron chi connectivity index (χ2n) is 8.12. The predicted molar refractivity (Wildman–Crippen MR) is 131 cm³/mol. The largest absolute Gasteiger partial charge is 0.496 e. The van der Waals surface area contributed by atoms with Crippen molar-refractivity contribution in [3.8, 4) is 5.75 Å². The van der Waals surface area contributed by atoms with Gasteiger partial charge >= 0.3 is 0 Å². The third-order valence-electron chi connectivity index (χ3n) is 6.17. The van der Waals surface area contributed by atoms with Gasteiger partial charge in [0.15, 0.2) is 5.96 Å². The van der Waals surface area contributed by atoms with Crippen LogP contribution in [0.4, 0.5) is 0 Å². The maximum Gasteiger partial charge on any atom is 0.191 e. The van der Waals surface area contributed by atoms with Crippen molar-refractivity contribution >= 4 is 16.9 Å². The quantitative estimate of drug-likeness (QED) is 0.420. The van der Waals surface area contributed by atoms with Crippen molar-refractivity contribution in [3.63, 3.8) is 0 Å². The van der Waals surface area contributed by atoms with Gasteiger partial charge in [0.05, 0.1) is 18.7 Å². The van der Waals surface area contributed by atoms with Crippen LogP contribution in [0.25, 0.3) is 10.9 Å². The summed E-state index contributed by atoms with van der Waals surface area (Å²) in [4.78, 5) is 11.5. The lowest BCUT2D eigenvalue weighted by Crippen LogP contribution is -2.43. The highest BCUT2D eigenvalue weighted by molar-refractivity contribution is 5.82. The van der Waals surface area contributed by atoms with E-state index in [1.165, 1.54) is 29.4 Å². The normalized spacial score (nSPS) is 15.6. The Bertz CT molecular complexity index is 1040. The molecular formula is C26H33N5O. The van der Waals surface area contributed by atoms with Crippen LogP contribution in [0, 0.1) is 0 Å². The molecule has 1 aliphatic heterocycles. The van der Waals surface area contributed by atoms with E-state index in [0.717, 1.165) is 49.8 Å². The van der Waals surface area contributed by atoms with Gasteiger partial charge in [-0.1, -0.05) is 42.5 Å². The first-order valence-electron chi connectivity index (χ1n) is 11.4. The van der Waals surface area contributed by atoms with E-state index in [0.29, 0.717) is 0 Å². The Morgan fingerprint density at radius 3 is 2.69 bits per heavy atom. The lowest BCUT2D eigenvalue weighted by molar-refractivity contribution is 0.239. The number of ether oxygens (including phenoxy) is 1. The molecule has 2 heterocycles. The molecule has 1 aliphatic rings. The molecule has 3 aromatic rings. The molecule has 168 valence electrons. The summed E-state index contributed by atoms with van der Waals surface area (Å²) in [5.41, 5.74) is 3.54. The molecule has 2 N–H and O–H groups in total. The monoisotopic (exact) mass is 431 g/mol. The van der Waals surface area contributed by atoms with E-state index in [4.69, 9.17) is 4.74 Å². The minimum Gasteiger partial charge on any atom is -0.496 e. The molecule has 6 nitrogen and oxygen atoms in total. The Balaban J connectivity index is 1.38. The average Bonchev–Trinajstić information content (AvgIpc) is 3.38. The van der Waals surface area contributed by atoms with Gasteiger partial charge in [-0.15, -0.1) is 0 Å². The number of likely N-dealkylation sites (tertiary alicyclic amines) is 1.